The number of amides is 1. The second-order valence-electron chi connectivity index (χ2n) is 6.35. The van der Waals surface area contributed by atoms with Crippen LogP contribution in [0.1, 0.15) is 46.0 Å². The monoisotopic (exact) mass is 351 g/mol. The number of nitrogens with zero attached hydrogens (tertiary/aromatic N) is 1. The number of rotatable bonds is 6. The lowest BCUT2D eigenvalue weighted by Gasteiger charge is -2.13. The Kier molecular flexibility index (Phi) is 5.02. The Labute approximate surface area is 151 Å². The quantitative estimate of drug-likeness (QED) is 0.667. The number of Topliss-reactive ketones (excluding diaryl/α,β-unsaturated/α-hetero) is 1. The van der Waals surface area contributed by atoms with E-state index in [-0.39, 0.29) is 24.2 Å². The van der Waals surface area contributed by atoms with E-state index in [9.17, 15) is 9.59 Å². The first-order valence-electron chi connectivity index (χ1n) is 8.42. The topological polar surface area (TPSA) is 84.1 Å². The van der Waals surface area contributed by atoms with Gasteiger partial charge in [0, 0.05) is 11.1 Å². The Morgan fingerprint density at radius 2 is 1.92 bits per heavy atom. The van der Waals surface area contributed by atoms with E-state index in [0.717, 1.165) is 22.3 Å². The van der Waals surface area contributed by atoms with Crippen molar-refractivity contribution in [3.8, 4) is 5.75 Å². The van der Waals surface area contributed by atoms with Gasteiger partial charge in [-0.25, -0.2) is 4.98 Å². The molecule has 0 spiro atoms. The Bertz CT molecular complexity index is 960. The number of aromatic nitrogens is 2. The zero-order valence-electron chi connectivity index (χ0n) is 15.0. The van der Waals surface area contributed by atoms with Gasteiger partial charge in [0.15, 0.2) is 5.78 Å². The lowest BCUT2D eigenvalue weighted by molar-refractivity contribution is 0.0904. The van der Waals surface area contributed by atoms with Crippen molar-refractivity contribution in [2.24, 2.45) is 0 Å². The molecule has 1 heterocycles. The number of benzene rings is 2. The van der Waals surface area contributed by atoms with Crippen LogP contribution in [0.3, 0.4) is 0 Å². The van der Waals surface area contributed by atoms with E-state index < -0.39 is 0 Å². The van der Waals surface area contributed by atoms with Crippen molar-refractivity contribution in [2.75, 3.05) is 13.7 Å². The average Bonchev–Trinajstić information content (AvgIpc) is 3.12. The smallest absolute Gasteiger partial charge is 0.251 e. The number of ether oxygens (including phenoxy) is 1. The van der Waals surface area contributed by atoms with Crippen molar-refractivity contribution in [1.29, 1.82) is 0 Å². The zero-order valence-corrected chi connectivity index (χ0v) is 15.0. The Balaban J connectivity index is 1.70. The van der Waals surface area contributed by atoms with Crippen LogP contribution >= 0.6 is 0 Å². The van der Waals surface area contributed by atoms with Gasteiger partial charge in [0.2, 0.25) is 0 Å². The number of methoxy groups -OCH3 is 1. The van der Waals surface area contributed by atoms with Gasteiger partial charge in [0.1, 0.15) is 5.75 Å². The molecule has 2 N–H and O–H groups in total. The number of aromatic amines is 1. The molecule has 0 unspecified atom stereocenters. The van der Waals surface area contributed by atoms with E-state index >= 15 is 0 Å². The van der Waals surface area contributed by atoms with E-state index in [1.807, 2.05) is 19.9 Å². The predicted octanol–water partition coefficient (Wildman–Crippen LogP) is 3.31. The fourth-order valence-electron chi connectivity index (χ4n) is 2.80. The maximum absolute atomic E-state index is 12.5. The minimum atomic E-state index is -0.299. The summed E-state index contributed by atoms with van der Waals surface area (Å²) in [5.41, 5.74) is 3.57. The summed E-state index contributed by atoms with van der Waals surface area (Å²) >= 11 is 0. The minimum Gasteiger partial charge on any atom is -0.496 e. The molecule has 3 aromatic rings. The summed E-state index contributed by atoms with van der Waals surface area (Å²) in [7, 11) is 1.61. The highest BCUT2D eigenvalue weighted by Gasteiger charge is 2.14. The fourth-order valence-corrected chi connectivity index (χ4v) is 2.80. The zero-order chi connectivity index (χ0) is 18.7. The van der Waals surface area contributed by atoms with Crippen molar-refractivity contribution in [2.45, 2.75) is 19.8 Å². The van der Waals surface area contributed by atoms with Crippen LogP contribution in [-0.2, 0) is 0 Å². The third-order valence-electron chi connectivity index (χ3n) is 4.27. The molecule has 0 atom stereocenters. The summed E-state index contributed by atoms with van der Waals surface area (Å²) in [4.78, 5) is 31.8. The average molecular weight is 351 g/mol. The Morgan fingerprint density at radius 1 is 1.15 bits per heavy atom. The first-order chi connectivity index (χ1) is 12.5. The molecule has 6 heteroatoms. The molecule has 3 rings (SSSR count). The number of fused-ring (bicyclic) bond motifs is 1. The van der Waals surface area contributed by atoms with Gasteiger partial charge in [0.25, 0.3) is 5.91 Å². The second-order valence-corrected chi connectivity index (χ2v) is 6.35. The van der Waals surface area contributed by atoms with Crippen molar-refractivity contribution in [1.82, 2.24) is 15.3 Å². The third-order valence-corrected chi connectivity index (χ3v) is 4.27. The van der Waals surface area contributed by atoms with Crippen LogP contribution in [0.4, 0.5) is 0 Å². The van der Waals surface area contributed by atoms with Crippen LogP contribution in [-0.4, -0.2) is 35.3 Å². The molecule has 0 fully saturated rings. The molecular formula is C20H21N3O3. The summed E-state index contributed by atoms with van der Waals surface area (Å²) in [6, 6.07) is 10.5. The molecule has 1 amide bonds. The van der Waals surface area contributed by atoms with Crippen LogP contribution in [0.5, 0.6) is 5.75 Å². The van der Waals surface area contributed by atoms with Crippen LogP contribution in [0.15, 0.2) is 42.7 Å². The number of H-pyrrole nitrogens is 1. The number of nitrogens with one attached hydrogen (secondary N) is 2. The summed E-state index contributed by atoms with van der Waals surface area (Å²) in [5.74, 6) is 0.542. The van der Waals surface area contributed by atoms with Gasteiger partial charge >= 0.3 is 0 Å². The SMILES string of the molecule is COc1ccc(C(=O)CNC(=O)c2ccc3nc[nH]c3c2)cc1C(C)C. The normalized spacial score (nSPS) is 10.9. The fraction of sp³-hybridized carbons (Fsp3) is 0.250. The third kappa shape index (κ3) is 3.59. The van der Waals surface area contributed by atoms with Crippen molar-refractivity contribution in [3.63, 3.8) is 0 Å². The molecule has 0 bridgehead atoms. The Morgan fingerprint density at radius 3 is 2.65 bits per heavy atom. The maximum Gasteiger partial charge on any atom is 0.251 e. The number of hydrogen-bond donors (Lipinski definition) is 2. The molecule has 0 aliphatic carbocycles. The minimum absolute atomic E-state index is 0.0658. The highest BCUT2D eigenvalue weighted by Crippen LogP contribution is 2.27. The largest absolute Gasteiger partial charge is 0.496 e. The summed E-state index contributed by atoms with van der Waals surface area (Å²) in [6.07, 6.45) is 1.58. The molecule has 0 aliphatic rings. The molecule has 26 heavy (non-hydrogen) atoms. The summed E-state index contributed by atoms with van der Waals surface area (Å²) in [5, 5.41) is 2.68. The number of hydrogen-bond acceptors (Lipinski definition) is 4. The second kappa shape index (κ2) is 7.39. The first kappa shape index (κ1) is 17.7. The van der Waals surface area contributed by atoms with Gasteiger partial charge in [-0.05, 0) is 47.9 Å². The van der Waals surface area contributed by atoms with E-state index in [0.29, 0.717) is 11.1 Å². The molecule has 1 aromatic heterocycles. The van der Waals surface area contributed by atoms with Gasteiger partial charge in [-0.1, -0.05) is 13.8 Å². The highest BCUT2D eigenvalue weighted by atomic mass is 16.5. The molecule has 6 nitrogen and oxygen atoms in total. The molecule has 134 valence electrons. The van der Waals surface area contributed by atoms with Crippen LogP contribution in [0, 0.1) is 0 Å². The Hall–Kier alpha value is -3.15. The van der Waals surface area contributed by atoms with Crippen molar-refractivity contribution >= 4 is 22.7 Å². The molecule has 2 aromatic carbocycles. The standard InChI is InChI=1S/C20H21N3O3/c1-12(2)15-8-13(5-7-19(15)26-3)18(24)10-21-20(25)14-4-6-16-17(9-14)23-11-22-16/h4-9,11-12H,10H2,1-3H3,(H,21,25)(H,22,23). The lowest BCUT2D eigenvalue weighted by atomic mass is 9.98. The van der Waals surface area contributed by atoms with E-state index in [2.05, 4.69) is 15.3 Å². The van der Waals surface area contributed by atoms with Gasteiger partial charge in [-0.15, -0.1) is 0 Å². The number of ketones is 1. The van der Waals surface area contributed by atoms with E-state index in [1.165, 1.54) is 0 Å². The number of carbonyl (C=O) groups excluding carboxylic acids is 2. The molecule has 0 radical (unpaired) electrons. The number of carbonyl (C=O) groups is 2. The van der Waals surface area contributed by atoms with Gasteiger partial charge < -0.3 is 15.0 Å². The van der Waals surface area contributed by atoms with Crippen molar-refractivity contribution < 1.29 is 14.3 Å². The summed E-state index contributed by atoms with van der Waals surface area (Å²) < 4.78 is 5.34. The molecule has 0 aliphatic heterocycles. The first-order valence-corrected chi connectivity index (χ1v) is 8.42. The van der Waals surface area contributed by atoms with Gasteiger partial charge in [-0.2, -0.15) is 0 Å². The molecule has 0 saturated heterocycles. The number of imidazole rings is 1. The lowest BCUT2D eigenvalue weighted by Crippen LogP contribution is -2.29. The van der Waals surface area contributed by atoms with Gasteiger partial charge in [0.05, 0.1) is 31.0 Å². The van der Waals surface area contributed by atoms with Crippen molar-refractivity contribution in [3.05, 3.63) is 59.4 Å². The molecular weight excluding hydrogens is 330 g/mol. The predicted molar refractivity (Wildman–Crippen MR) is 99.8 cm³/mol. The van der Waals surface area contributed by atoms with E-state index in [1.54, 1.807) is 43.8 Å². The molecule has 0 saturated carbocycles. The van der Waals surface area contributed by atoms with Crippen LogP contribution < -0.4 is 10.1 Å². The maximum atomic E-state index is 12.5. The van der Waals surface area contributed by atoms with Crippen LogP contribution in [0.2, 0.25) is 0 Å². The summed E-state index contributed by atoms with van der Waals surface area (Å²) in [6.45, 7) is 4.02. The van der Waals surface area contributed by atoms with Gasteiger partial charge in [-0.3, -0.25) is 9.59 Å². The van der Waals surface area contributed by atoms with E-state index in [4.69, 9.17) is 4.74 Å². The highest BCUT2D eigenvalue weighted by molar-refractivity contribution is 6.03. The van der Waals surface area contributed by atoms with Crippen LogP contribution in [0.25, 0.3) is 11.0 Å².